The van der Waals surface area contributed by atoms with Gasteiger partial charge in [0, 0.05) is 18.3 Å². The summed E-state index contributed by atoms with van der Waals surface area (Å²) in [6.07, 6.45) is 2.98. The number of carboxylic acid groups (broad SMARTS) is 1. The number of rotatable bonds is 5. The first-order chi connectivity index (χ1) is 10.0. The second kappa shape index (κ2) is 6.58. The molecule has 0 spiro atoms. The average molecular weight is 292 g/mol. The first-order valence-electron chi connectivity index (χ1n) is 7.06. The zero-order valence-corrected chi connectivity index (χ0v) is 12.0. The summed E-state index contributed by atoms with van der Waals surface area (Å²) < 4.78 is 0. The monoisotopic (exact) mass is 292 g/mol. The topological polar surface area (TPSA) is 89.9 Å². The Kier molecular flexibility index (Phi) is 4.80. The molecule has 1 saturated carbocycles. The molecule has 21 heavy (non-hydrogen) atoms. The lowest BCUT2D eigenvalue weighted by atomic mass is 9.91. The van der Waals surface area contributed by atoms with E-state index in [-0.39, 0.29) is 30.8 Å². The lowest BCUT2D eigenvalue weighted by Gasteiger charge is -2.37. The van der Waals surface area contributed by atoms with Crippen molar-refractivity contribution >= 4 is 17.7 Å². The van der Waals surface area contributed by atoms with Crippen molar-refractivity contribution in [1.82, 2.24) is 4.90 Å². The third-order valence-electron chi connectivity index (χ3n) is 3.92. The van der Waals surface area contributed by atoms with Gasteiger partial charge >= 0.3 is 12.0 Å². The van der Waals surface area contributed by atoms with E-state index in [4.69, 9.17) is 10.2 Å². The van der Waals surface area contributed by atoms with Gasteiger partial charge in [0.15, 0.2) is 0 Å². The number of hydrogen-bond donors (Lipinski definition) is 3. The summed E-state index contributed by atoms with van der Waals surface area (Å²) in [7, 11) is 0. The van der Waals surface area contributed by atoms with E-state index in [0.29, 0.717) is 11.3 Å². The number of benzene rings is 1. The fourth-order valence-corrected chi connectivity index (χ4v) is 2.45. The minimum atomic E-state index is -1.02. The Balaban J connectivity index is 2.14. The van der Waals surface area contributed by atoms with E-state index in [2.05, 4.69) is 5.32 Å². The maximum Gasteiger partial charge on any atom is 0.336 e. The predicted octanol–water partition coefficient (Wildman–Crippen LogP) is 2.07. The van der Waals surface area contributed by atoms with Crippen molar-refractivity contribution in [1.29, 1.82) is 0 Å². The van der Waals surface area contributed by atoms with Gasteiger partial charge in [-0.3, -0.25) is 0 Å². The molecule has 0 aliphatic heterocycles. The van der Waals surface area contributed by atoms with Gasteiger partial charge < -0.3 is 20.4 Å². The smallest absolute Gasteiger partial charge is 0.336 e. The molecule has 0 radical (unpaired) electrons. The normalized spacial score (nSPS) is 14.4. The quantitative estimate of drug-likeness (QED) is 0.775. The number of aromatic carboxylic acids is 1. The van der Waals surface area contributed by atoms with E-state index in [1.807, 2.05) is 0 Å². The molecule has 0 aromatic heterocycles. The number of nitrogens with zero attached hydrogens (tertiary/aromatic N) is 1. The molecular weight excluding hydrogens is 272 g/mol. The molecule has 1 aliphatic carbocycles. The second-order valence-electron chi connectivity index (χ2n) is 5.22. The first-order valence-corrected chi connectivity index (χ1v) is 7.06. The van der Waals surface area contributed by atoms with Gasteiger partial charge in [0.1, 0.15) is 0 Å². The lowest BCUT2D eigenvalue weighted by molar-refractivity contribution is 0.0696. The first kappa shape index (κ1) is 15.3. The molecule has 114 valence electrons. The van der Waals surface area contributed by atoms with Crippen LogP contribution in [0.5, 0.6) is 0 Å². The molecule has 1 fully saturated rings. The molecule has 2 rings (SSSR count). The summed E-state index contributed by atoms with van der Waals surface area (Å²) in [5, 5.41) is 20.9. The molecule has 3 N–H and O–H groups in total. The Labute approximate surface area is 123 Å². The van der Waals surface area contributed by atoms with Gasteiger partial charge in [0.2, 0.25) is 0 Å². The van der Waals surface area contributed by atoms with E-state index in [1.54, 1.807) is 24.0 Å². The summed E-state index contributed by atoms with van der Waals surface area (Å²) in [5.41, 5.74) is 1.18. The molecule has 0 bridgehead atoms. The van der Waals surface area contributed by atoms with E-state index >= 15 is 0 Å². The van der Waals surface area contributed by atoms with Crippen LogP contribution in [0.1, 0.15) is 35.2 Å². The van der Waals surface area contributed by atoms with Crippen LogP contribution in [0.25, 0.3) is 0 Å². The van der Waals surface area contributed by atoms with Crippen molar-refractivity contribution < 1.29 is 19.8 Å². The Bertz CT molecular complexity index is 540. The van der Waals surface area contributed by atoms with Gasteiger partial charge in [-0.05, 0) is 43.9 Å². The number of urea groups is 1. The number of carboxylic acids is 1. The van der Waals surface area contributed by atoms with Crippen LogP contribution in [0.15, 0.2) is 18.2 Å². The van der Waals surface area contributed by atoms with Gasteiger partial charge in [0.25, 0.3) is 0 Å². The molecule has 2 amide bonds. The number of hydrogen-bond acceptors (Lipinski definition) is 3. The number of nitrogens with one attached hydrogen (secondary N) is 1. The van der Waals surface area contributed by atoms with Crippen molar-refractivity contribution in [3.05, 3.63) is 29.3 Å². The Morgan fingerprint density at radius 3 is 2.62 bits per heavy atom. The number of aliphatic hydroxyl groups excluding tert-OH is 1. The second-order valence-corrected chi connectivity index (χ2v) is 5.22. The van der Waals surface area contributed by atoms with Crippen LogP contribution >= 0.6 is 0 Å². The Hall–Kier alpha value is -2.08. The zero-order chi connectivity index (χ0) is 15.4. The van der Waals surface area contributed by atoms with Gasteiger partial charge in [-0.1, -0.05) is 6.07 Å². The average Bonchev–Trinajstić information content (AvgIpc) is 2.38. The van der Waals surface area contributed by atoms with E-state index in [1.165, 1.54) is 6.07 Å². The van der Waals surface area contributed by atoms with Crippen LogP contribution in [0.3, 0.4) is 0 Å². The van der Waals surface area contributed by atoms with Crippen LogP contribution < -0.4 is 5.32 Å². The Morgan fingerprint density at radius 2 is 2.10 bits per heavy atom. The van der Waals surface area contributed by atoms with Crippen molar-refractivity contribution in [3.63, 3.8) is 0 Å². The maximum absolute atomic E-state index is 12.3. The molecule has 6 heteroatoms. The summed E-state index contributed by atoms with van der Waals surface area (Å²) in [5.74, 6) is -1.02. The number of carbonyl (C=O) groups excluding carboxylic acids is 1. The highest BCUT2D eigenvalue weighted by atomic mass is 16.4. The summed E-state index contributed by atoms with van der Waals surface area (Å²) >= 11 is 0. The highest BCUT2D eigenvalue weighted by Crippen LogP contribution is 2.26. The summed E-state index contributed by atoms with van der Waals surface area (Å²) in [6.45, 7) is 1.87. The van der Waals surface area contributed by atoms with E-state index in [9.17, 15) is 9.59 Å². The molecule has 1 aromatic rings. The van der Waals surface area contributed by atoms with Gasteiger partial charge in [-0.15, -0.1) is 0 Å². The fraction of sp³-hybridized carbons (Fsp3) is 0.467. The van der Waals surface area contributed by atoms with Crippen LogP contribution in [-0.4, -0.2) is 46.3 Å². The number of anilines is 1. The van der Waals surface area contributed by atoms with Crippen molar-refractivity contribution in [2.24, 2.45) is 0 Å². The molecule has 0 atom stereocenters. The van der Waals surface area contributed by atoms with Crippen molar-refractivity contribution in [3.8, 4) is 0 Å². The Morgan fingerprint density at radius 1 is 1.38 bits per heavy atom. The number of aliphatic hydroxyl groups is 1. The minimum Gasteiger partial charge on any atom is -0.478 e. The zero-order valence-electron chi connectivity index (χ0n) is 12.0. The third-order valence-corrected chi connectivity index (χ3v) is 3.92. The van der Waals surface area contributed by atoms with E-state index in [0.717, 1.165) is 19.3 Å². The molecule has 1 aliphatic rings. The van der Waals surface area contributed by atoms with Gasteiger partial charge in [-0.2, -0.15) is 0 Å². The standard InChI is InChI=1S/C15H20N2O4/c1-10-12(14(19)20)6-3-7-13(10)16-15(21)17(8-9-18)11-4-2-5-11/h3,6-7,11,18H,2,4-5,8-9H2,1H3,(H,16,21)(H,19,20). The summed E-state index contributed by atoms with van der Waals surface area (Å²) in [6, 6.07) is 4.66. The van der Waals surface area contributed by atoms with E-state index < -0.39 is 5.97 Å². The van der Waals surface area contributed by atoms with Gasteiger partial charge in [-0.25, -0.2) is 9.59 Å². The molecule has 1 aromatic carbocycles. The fourth-order valence-electron chi connectivity index (χ4n) is 2.45. The highest BCUT2D eigenvalue weighted by molar-refractivity contribution is 5.95. The summed E-state index contributed by atoms with van der Waals surface area (Å²) in [4.78, 5) is 25.1. The predicted molar refractivity (Wildman–Crippen MR) is 78.6 cm³/mol. The highest BCUT2D eigenvalue weighted by Gasteiger charge is 2.28. The third kappa shape index (κ3) is 3.33. The number of carbonyl (C=O) groups is 2. The molecule has 0 heterocycles. The number of amides is 2. The van der Waals surface area contributed by atoms with Crippen LogP contribution in [-0.2, 0) is 0 Å². The van der Waals surface area contributed by atoms with Crippen molar-refractivity contribution in [2.75, 3.05) is 18.5 Å². The van der Waals surface area contributed by atoms with Crippen LogP contribution in [0.4, 0.5) is 10.5 Å². The molecule has 0 unspecified atom stereocenters. The van der Waals surface area contributed by atoms with Crippen LogP contribution in [0, 0.1) is 6.92 Å². The van der Waals surface area contributed by atoms with Crippen LogP contribution in [0.2, 0.25) is 0 Å². The SMILES string of the molecule is Cc1c(NC(=O)N(CCO)C2CCC2)cccc1C(=O)O. The largest absolute Gasteiger partial charge is 0.478 e. The molecular formula is C15H20N2O4. The molecule has 6 nitrogen and oxygen atoms in total. The maximum atomic E-state index is 12.3. The lowest BCUT2D eigenvalue weighted by Crippen LogP contribution is -2.47. The molecule has 0 saturated heterocycles. The van der Waals surface area contributed by atoms with Gasteiger partial charge in [0.05, 0.1) is 12.2 Å². The van der Waals surface area contributed by atoms with Crippen molar-refractivity contribution in [2.45, 2.75) is 32.2 Å². The minimum absolute atomic E-state index is 0.0853.